The van der Waals surface area contributed by atoms with Crippen molar-refractivity contribution in [3.63, 3.8) is 0 Å². The fraction of sp³-hybridized carbons (Fsp3) is 0.320. The Bertz CT molecular complexity index is 1070. The Morgan fingerprint density at radius 3 is 2.56 bits per heavy atom. The third-order valence-electron chi connectivity index (χ3n) is 5.68. The van der Waals surface area contributed by atoms with Crippen LogP contribution in [-0.2, 0) is 0 Å². The Morgan fingerprint density at radius 1 is 1.09 bits per heavy atom. The maximum atomic E-state index is 13.4. The molecule has 0 spiro atoms. The second-order valence-electron chi connectivity index (χ2n) is 7.89. The summed E-state index contributed by atoms with van der Waals surface area (Å²) in [6.07, 6.45) is 3.65. The second kappa shape index (κ2) is 9.68. The molecule has 3 aromatic rings. The Labute approximate surface area is 188 Å². The Kier molecular flexibility index (Phi) is 6.54. The molecule has 32 heavy (non-hydrogen) atoms. The molecule has 1 aliphatic heterocycles. The number of pyridine rings is 2. The molecule has 0 bridgehead atoms. The number of carbonyl (C=O) groups excluding carboxylic acids is 1. The molecule has 7 heteroatoms. The number of likely N-dealkylation sites (tertiary alicyclic amines) is 1. The van der Waals surface area contributed by atoms with Crippen molar-refractivity contribution in [1.82, 2.24) is 14.9 Å². The van der Waals surface area contributed by atoms with Gasteiger partial charge in [-0.25, -0.2) is 4.98 Å². The molecule has 2 aromatic heterocycles. The van der Waals surface area contributed by atoms with E-state index in [1.165, 1.54) is 0 Å². The predicted octanol–water partition coefficient (Wildman–Crippen LogP) is 4.57. The molecule has 1 saturated heterocycles. The Morgan fingerprint density at radius 2 is 1.88 bits per heavy atom. The van der Waals surface area contributed by atoms with Gasteiger partial charge in [0.05, 0.1) is 14.2 Å². The summed E-state index contributed by atoms with van der Waals surface area (Å²) in [6.45, 7) is 3.28. The topological polar surface area (TPSA) is 76.6 Å². The number of piperidine rings is 1. The number of ether oxygens (including phenoxy) is 2. The maximum Gasteiger partial charge on any atom is 0.261 e. The molecule has 1 N–H and O–H groups in total. The number of rotatable bonds is 6. The number of carbonyl (C=O) groups is 1. The third-order valence-corrected chi connectivity index (χ3v) is 5.68. The standard InChI is InChI=1S/C25H28N4O3/c1-17-14-19(28-23-11-4-5-12-26-23)15-20(27-17)18-8-7-13-29(16-18)25(30)24-21(31-2)9-6-10-22(24)32-3/h4-6,9-12,14-15,18H,7-8,13,16H2,1-3H3,(H,26,27,28)/t18-/m1/s1. The Hall–Kier alpha value is -3.61. The van der Waals surface area contributed by atoms with Crippen molar-refractivity contribution in [2.75, 3.05) is 32.6 Å². The lowest BCUT2D eigenvalue weighted by Gasteiger charge is -2.33. The molecule has 1 atom stereocenters. The van der Waals surface area contributed by atoms with Gasteiger partial charge in [0.25, 0.3) is 5.91 Å². The van der Waals surface area contributed by atoms with Crippen LogP contribution < -0.4 is 14.8 Å². The number of aromatic nitrogens is 2. The summed E-state index contributed by atoms with van der Waals surface area (Å²) >= 11 is 0. The zero-order valence-corrected chi connectivity index (χ0v) is 18.7. The summed E-state index contributed by atoms with van der Waals surface area (Å²) in [4.78, 5) is 24.4. The number of hydrogen-bond acceptors (Lipinski definition) is 6. The zero-order valence-electron chi connectivity index (χ0n) is 18.7. The quantitative estimate of drug-likeness (QED) is 0.615. The lowest BCUT2D eigenvalue weighted by Crippen LogP contribution is -2.39. The number of hydrogen-bond donors (Lipinski definition) is 1. The highest BCUT2D eigenvalue weighted by atomic mass is 16.5. The molecule has 4 rings (SSSR count). The molecule has 1 fully saturated rings. The molecule has 3 heterocycles. The molecule has 0 saturated carbocycles. The van der Waals surface area contributed by atoms with Crippen molar-refractivity contribution in [1.29, 1.82) is 0 Å². The van der Waals surface area contributed by atoms with Gasteiger partial charge in [-0.1, -0.05) is 12.1 Å². The first-order valence-corrected chi connectivity index (χ1v) is 10.8. The Balaban J connectivity index is 1.57. The van der Waals surface area contributed by atoms with Gasteiger partial charge in [0, 0.05) is 42.3 Å². The van der Waals surface area contributed by atoms with Crippen LogP contribution in [0, 0.1) is 6.92 Å². The van der Waals surface area contributed by atoms with Gasteiger partial charge in [-0.3, -0.25) is 9.78 Å². The van der Waals surface area contributed by atoms with Gasteiger partial charge in [0.15, 0.2) is 0 Å². The van der Waals surface area contributed by atoms with Gasteiger partial charge in [-0.15, -0.1) is 0 Å². The van der Waals surface area contributed by atoms with Crippen LogP contribution in [0.4, 0.5) is 11.5 Å². The van der Waals surface area contributed by atoms with Crippen LogP contribution in [0.2, 0.25) is 0 Å². The normalized spacial score (nSPS) is 15.8. The van der Waals surface area contributed by atoms with Crippen molar-refractivity contribution in [2.24, 2.45) is 0 Å². The van der Waals surface area contributed by atoms with E-state index in [1.54, 1.807) is 32.5 Å². The van der Waals surface area contributed by atoms with E-state index < -0.39 is 0 Å². The van der Waals surface area contributed by atoms with E-state index in [0.29, 0.717) is 30.2 Å². The second-order valence-corrected chi connectivity index (χ2v) is 7.89. The summed E-state index contributed by atoms with van der Waals surface area (Å²) in [5.74, 6) is 1.90. The van der Waals surface area contributed by atoms with Gasteiger partial charge in [-0.2, -0.15) is 0 Å². The molecule has 0 radical (unpaired) electrons. The van der Waals surface area contributed by atoms with E-state index in [-0.39, 0.29) is 11.8 Å². The monoisotopic (exact) mass is 432 g/mol. The van der Waals surface area contributed by atoms with Crippen LogP contribution in [0.15, 0.2) is 54.7 Å². The smallest absolute Gasteiger partial charge is 0.261 e. The van der Waals surface area contributed by atoms with Crippen molar-refractivity contribution in [3.05, 3.63) is 71.7 Å². The minimum atomic E-state index is -0.0801. The summed E-state index contributed by atoms with van der Waals surface area (Å²) in [5.41, 5.74) is 3.32. The molecule has 1 aliphatic rings. The number of amides is 1. The number of anilines is 2. The van der Waals surface area contributed by atoms with E-state index in [9.17, 15) is 4.79 Å². The molecular weight excluding hydrogens is 404 g/mol. The minimum absolute atomic E-state index is 0.0801. The molecule has 1 aromatic carbocycles. The summed E-state index contributed by atoms with van der Waals surface area (Å²) < 4.78 is 10.9. The lowest BCUT2D eigenvalue weighted by atomic mass is 9.93. The average molecular weight is 433 g/mol. The molecule has 0 aliphatic carbocycles. The fourth-order valence-electron chi connectivity index (χ4n) is 4.18. The van der Waals surface area contributed by atoms with Crippen molar-refractivity contribution in [2.45, 2.75) is 25.7 Å². The minimum Gasteiger partial charge on any atom is -0.496 e. The largest absolute Gasteiger partial charge is 0.496 e. The number of nitrogens with one attached hydrogen (secondary N) is 1. The number of methoxy groups -OCH3 is 2. The molecule has 1 amide bonds. The van der Waals surface area contributed by atoms with Crippen LogP contribution in [0.25, 0.3) is 0 Å². The number of benzene rings is 1. The first-order valence-electron chi connectivity index (χ1n) is 10.8. The van der Waals surface area contributed by atoms with Crippen LogP contribution in [-0.4, -0.2) is 48.1 Å². The highest BCUT2D eigenvalue weighted by molar-refractivity contribution is 5.99. The number of aryl methyl sites for hydroxylation is 1. The SMILES string of the molecule is COc1cccc(OC)c1C(=O)N1CCC[C@@H](c2cc(Nc3ccccn3)cc(C)n2)C1. The van der Waals surface area contributed by atoms with Crippen molar-refractivity contribution >= 4 is 17.4 Å². The van der Waals surface area contributed by atoms with E-state index in [2.05, 4.69) is 16.4 Å². The first-order chi connectivity index (χ1) is 15.6. The van der Waals surface area contributed by atoms with Crippen LogP contribution in [0.3, 0.4) is 0 Å². The van der Waals surface area contributed by atoms with E-state index >= 15 is 0 Å². The summed E-state index contributed by atoms with van der Waals surface area (Å²) in [7, 11) is 3.13. The molecule has 166 valence electrons. The van der Waals surface area contributed by atoms with Gasteiger partial charge in [0.2, 0.25) is 0 Å². The van der Waals surface area contributed by atoms with Gasteiger partial charge in [-0.05, 0) is 56.2 Å². The molecular formula is C25H28N4O3. The zero-order chi connectivity index (χ0) is 22.5. The highest BCUT2D eigenvalue weighted by Crippen LogP contribution is 2.33. The van der Waals surface area contributed by atoms with Crippen LogP contribution >= 0.6 is 0 Å². The lowest BCUT2D eigenvalue weighted by molar-refractivity contribution is 0.0699. The number of nitrogens with zero attached hydrogens (tertiary/aromatic N) is 3. The third kappa shape index (κ3) is 4.66. The van der Waals surface area contributed by atoms with Gasteiger partial charge >= 0.3 is 0 Å². The van der Waals surface area contributed by atoms with Crippen LogP contribution in [0.1, 0.15) is 40.5 Å². The maximum absolute atomic E-state index is 13.4. The highest BCUT2D eigenvalue weighted by Gasteiger charge is 2.30. The molecule has 0 unspecified atom stereocenters. The van der Waals surface area contributed by atoms with Crippen molar-refractivity contribution < 1.29 is 14.3 Å². The first kappa shape index (κ1) is 21.6. The van der Waals surface area contributed by atoms with Crippen LogP contribution in [0.5, 0.6) is 11.5 Å². The summed E-state index contributed by atoms with van der Waals surface area (Å²) in [5, 5.41) is 3.35. The van der Waals surface area contributed by atoms with Gasteiger partial charge < -0.3 is 19.7 Å². The van der Waals surface area contributed by atoms with E-state index in [4.69, 9.17) is 14.5 Å². The van der Waals surface area contributed by atoms with Gasteiger partial charge in [0.1, 0.15) is 22.9 Å². The predicted molar refractivity (Wildman–Crippen MR) is 124 cm³/mol. The van der Waals surface area contributed by atoms with E-state index in [1.807, 2.05) is 42.2 Å². The molecule has 7 nitrogen and oxygen atoms in total. The summed E-state index contributed by atoms with van der Waals surface area (Å²) in [6, 6.07) is 15.2. The van der Waals surface area contributed by atoms with E-state index in [0.717, 1.165) is 35.7 Å². The average Bonchev–Trinajstić information content (AvgIpc) is 2.83. The van der Waals surface area contributed by atoms with Crippen molar-refractivity contribution in [3.8, 4) is 11.5 Å². The fourth-order valence-corrected chi connectivity index (χ4v) is 4.18.